The number of aliphatic hydroxyl groups is 1. The fourth-order valence-corrected chi connectivity index (χ4v) is 4.67. The van der Waals surface area contributed by atoms with Gasteiger partial charge in [0.05, 0.1) is 6.61 Å². The van der Waals surface area contributed by atoms with E-state index in [0.29, 0.717) is 24.5 Å². The van der Waals surface area contributed by atoms with Gasteiger partial charge in [0, 0.05) is 18.5 Å². The molecular formula is C29H37F2NO4. The van der Waals surface area contributed by atoms with Crippen molar-refractivity contribution in [2.24, 2.45) is 5.92 Å². The number of carbonyl (C=O) groups excluding carboxylic acids is 1. The van der Waals surface area contributed by atoms with Crippen LogP contribution in [0.5, 0.6) is 5.75 Å². The topological polar surface area (TPSA) is 67.8 Å². The molecule has 0 bridgehead atoms. The first-order valence-corrected chi connectivity index (χ1v) is 12.6. The lowest BCUT2D eigenvalue weighted by atomic mass is 9.88. The van der Waals surface area contributed by atoms with Crippen LogP contribution in [0.4, 0.5) is 8.78 Å². The average molecular weight is 502 g/mol. The van der Waals surface area contributed by atoms with E-state index >= 15 is 0 Å². The van der Waals surface area contributed by atoms with Crippen LogP contribution in [-0.2, 0) is 22.4 Å². The lowest BCUT2D eigenvalue weighted by Crippen LogP contribution is -2.46. The van der Waals surface area contributed by atoms with Gasteiger partial charge in [0.25, 0.3) is 0 Å². The molecule has 0 amide bonds. The number of allylic oxidation sites excluding steroid dienone is 1. The largest absolute Gasteiger partial charge is 0.488 e. The standard InChI is InChI=1S/C29H37F2NO4/c1-4-35-27(34)12-8-5-9-20-15-25(30)28(31)26(16-20)36-19-24(33)18-32-29(2,3)17-21-13-22-10-6-7-11-23(22)14-21/h5-7,9-11,15-16,21,24,32-33H,4,8,12-14,17-19H2,1-3H3/b9-5+/t24-/m1/s1. The Kier molecular flexibility index (Phi) is 10.0. The van der Waals surface area contributed by atoms with Crippen molar-refractivity contribution in [3.05, 3.63) is 70.8 Å². The molecule has 7 heteroatoms. The minimum absolute atomic E-state index is 0.176. The highest BCUT2D eigenvalue weighted by atomic mass is 19.2. The monoisotopic (exact) mass is 501 g/mol. The minimum Gasteiger partial charge on any atom is -0.488 e. The number of hydrogen-bond donors (Lipinski definition) is 2. The second-order valence-electron chi connectivity index (χ2n) is 10.0. The molecule has 1 aliphatic rings. The molecule has 2 aromatic carbocycles. The summed E-state index contributed by atoms with van der Waals surface area (Å²) in [6.45, 7) is 6.36. The van der Waals surface area contributed by atoms with Gasteiger partial charge in [0.2, 0.25) is 5.82 Å². The average Bonchev–Trinajstić information content (AvgIpc) is 3.23. The first kappa shape index (κ1) is 27.8. The summed E-state index contributed by atoms with van der Waals surface area (Å²) in [7, 11) is 0. The number of carbonyl (C=O) groups is 1. The summed E-state index contributed by atoms with van der Waals surface area (Å²) in [5, 5.41) is 13.8. The number of β-amino-alcohol motifs (C(OH)–C–C–N with tert-alkyl or cyclic N) is 1. The number of esters is 1. The second-order valence-corrected chi connectivity index (χ2v) is 10.0. The van der Waals surface area contributed by atoms with Crippen molar-refractivity contribution in [3.63, 3.8) is 0 Å². The molecule has 0 saturated carbocycles. The first-order chi connectivity index (χ1) is 17.2. The van der Waals surface area contributed by atoms with Gasteiger partial charge in [-0.05, 0) is 81.2 Å². The Hall–Kier alpha value is -2.77. The molecule has 0 heterocycles. The van der Waals surface area contributed by atoms with Crippen molar-refractivity contribution in [1.29, 1.82) is 0 Å². The van der Waals surface area contributed by atoms with Gasteiger partial charge < -0.3 is 19.9 Å². The zero-order valence-electron chi connectivity index (χ0n) is 21.4. The van der Waals surface area contributed by atoms with Gasteiger partial charge in [-0.25, -0.2) is 4.39 Å². The molecule has 36 heavy (non-hydrogen) atoms. The van der Waals surface area contributed by atoms with Crippen LogP contribution in [0.3, 0.4) is 0 Å². The third kappa shape index (κ3) is 8.42. The summed E-state index contributed by atoms with van der Waals surface area (Å²) in [6, 6.07) is 11.0. The number of benzene rings is 2. The van der Waals surface area contributed by atoms with Crippen LogP contribution in [-0.4, -0.2) is 42.5 Å². The van der Waals surface area contributed by atoms with Crippen LogP contribution in [0.25, 0.3) is 6.08 Å². The highest BCUT2D eigenvalue weighted by Gasteiger charge is 2.28. The number of nitrogens with one attached hydrogen (secondary N) is 1. The maximum atomic E-state index is 14.2. The fraction of sp³-hybridized carbons (Fsp3) is 0.483. The fourth-order valence-electron chi connectivity index (χ4n) is 4.67. The van der Waals surface area contributed by atoms with Crippen LogP contribution in [0.15, 0.2) is 42.5 Å². The molecule has 0 aliphatic heterocycles. The van der Waals surface area contributed by atoms with Gasteiger partial charge in [-0.15, -0.1) is 0 Å². The van der Waals surface area contributed by atoms with Crippen molar-refractivity contribution in [1.82, 2.24) is 5.32 Å². The summed E-state index contributed by atoms with van der Waals surface area (Å²) < 4.78 is 38.6. The Morgan fingerprint density at radius 2 is 1.92 bits per heavy atom. The van der Waals surface area contributed by atoms with Crippen LogP contribution < -0.4 is 10.1 Å². The Bertz CT molecular complexity index is 1030. The smallest absolute Gasteiger partial charge is 0.306 e. The third-order valence-corrected chi connectivity index (χ3v) is 6.33. The third-order valence-electron chi connectivity index (χ3n) is 6.33. The number of ether oxygens (including phenoxy) is 2. The molecule has 0 fully saturated rings. The van der Waals surface area contributed by atoms with E-state index in [1.807, 2.05) is 0 Å². The SMILES string of the molecule is CCOC(=O)CC/C=C/c1cc(F)c(F)c(OC[C@H](O)CNC(C)(C)CC2Cc3ccccc3C2)c1. The summed E-state index contributed by atoms with van der Waals surface area (Å²) in [5.41, 5.74) is 3.03. The van der Waals surface area contributed by atoms with Gasteiger partial charge in [-0.3, -0.25) is 4.79 Å². The number of halogens is 2. The Morgan fingerprint density at radius 3 is 2.58 bits per heavy atom. The predicted molar refractivity (Wildman–Crippen MR) is 137 cm³/mol. The van der Waals surface area contributed by atoms with Gasteiger partial charge in [-0.2, -0.15) is 4.39 Å². The molecule has 5 nitrogen and oxygen atoms in total. The molecule has 2 N–H and O–H groups in total. The van der Waals surface area contributed by atoms with Crippen LogP contribution >= 0.6 is 0 Å². The molecule has 1 aliphatic carbocycles. The quantitative estimate of drug-likeness (QED) is 0.368. The van der Waals surface area contributed by atoms with E-state index in [-0.39, 0.29) is 36.8 Å². The number of aliphatic hydroxyl groups excluding tert-OH is 1. The normalized spacial score (nSPS) is 14.7. The molecule has 0 radical (unpaired) electrons. The van der Waals surface area contributed by atoms with Crippen molar-refractivity contribution >= 4 is 12.0 Å². The first-order valence-electron chi connectivity index (χ1n) is 12.6. The van der Waals surface area contributed by atoms with Crippen LogP contribution in [0.2, 0.25) is 0 Å². The van der Waals surface area contributed by atoms with E-state index in [1.165, 1.54) is 17.2 Å². The maximum Gasteiger partial charge on any atom is 0.306 e. The maximum absolute atomic E-state index is 14.2. The van der Waals surface area contributed by atoms with E-state index in [1.54, 1.807) is 19.1 Å². The molecular weight excluding hydrogens is 464 g/mol. The predicted octanol–water partition coefficient (Wildman–Crippen LogP) is 5.23. The number of rotatable bonds is 13. The Morgan fingerprint density at radius 1 is 1.22 bits per heavy atom. The molecule has 0 aromatic heterocycles. The molecule has 0 unspecified atom stereocenters. The van der Waals surface area contributed by atoms with Gasteiger partial charge in [-0.1, -0.05) is 36.4 Å². The minimum atomic E-state index is -1.10. The molecule has 196 valence electrons. The summed E-state index contributed by atoms with van der Waals surface area (Å²) in [5.74, 6) is -2.16. The van der Waals surface area contributed by atoms with Gasteiger partial charge in [0.1, 0.15) is 12.7 Å². The van der Waals surface area contributed by atoms with E-state index in [0.717, 1.165) is 25.3 Å². The lowest BCUT2D eigenvalue weighted by Gasteiger charge is -2.30. The second kappa shape index (κ2) is 13.0. The number of fused-ring (bicyclic) bond motifs is 1. The number of hydrogen-bond acceptors (Lipinski definition) is 5. The van der Waals surface area contributed by atoms with Crippen molar-refractivity contribution in [3.8, 4) is 5.75 Å². The summed E-state index contributed by atoms with van der Waals surface area (Å²) in [4.78, 5) is 11.4. The molecule has 3 rings (SSSR count). The zero-order chi connectivity index (χ0) is 26.1. The van der Waals surface area contributed by atoms with Gasteiger partial charge >= 0.3 is 5.97 Å². The van der Waals surface area contributed by atoms with E-state index in [2.05, 4.69) is 43.4 Å². The van der Waals surface area contributed by atoms with E-state index in [9.17, 15) is 18.7 Å². The van der Waals surface area contributed by atoms with Crippen molar-refractivity contribution in [2.45, 2.75) is 64.5 Å². The molecule has 0 saturated heterocycles. The van der Waals surface area contributed by atoms with Crippen LogP contribution in [0, 0.1) is 17.6 Å². The Labute approximate surface area is 212 Å². The molecule has 2 aromatic rings. The molecule has 0 spiro atoms. The van der Waals surface area contributed by atoms with Gasteiger partial charge in [0.15, 0.2) is 11.6 Å². The van der Waals surface area contributed by atoms with Crippen molar-refractivity contribution < 1.29 is 28.2 Å². The van der Waals surface area contributed by atoms with Crippen LogP contribution in [0.1, 0.15) is 56.7 Å². The highest BCUT2D eigenvalue weighted by molar-refractivity contribution is 5.69. The lowest BCUT2D eigenvalue weighted by molar-refractivity contribution is -0.143. The summed E-state index contributed by atoms with van der Waals surface area (Å²) in [6.07, 6.45) is 6.10. The summed E-state index contributed by atoms with van der Waals surface area (Å²) >= 11 is 0. The molecule has 1 atom stereocenters. The highest BCUT2D eigenvalue weighted by Crippen LogP contribution is 2.32. The van der Waals surface area contributed by atoms with E-state index in [4.69, 9.17) is 9.47 Å². The van der Waals surface area contributed by atoms with Crippen molar-refractivity contribution in [2.75, 3.05) is 19.8 Å². The Balaban J connectivity index is 1.46. The zero-order valence-corrected chi connectivity index (χ0v) is 21.4. The van der Waals surface area contributed by atoms with E-state index < -0.39 is 17.7 Å².